The van der Waals surface area contributed by atoms with Gasteiger partial charge in [0.15, 0.2) is 0 Å². The summed E-state index contributed by atoms with van der Waals surface area (Å²) in [5.74, 6) is -4.16. The summed E-state index contributed by atoms with van der Waals surface area (Å²) < 4.78 is 51.0. The molecule has 0 radical (unpaired) electrons. The Kier molecular flexibility index (Phi) is 5.03. The van der Waals surface area contributed by atoms with E-state index in [0.717, 1.165) is 5.56 Å². The van der Waals surface area contributed by atoms with Gasteiger partial charge in [-0.2, -0.15) is 0 Å². The first-order valence-electron chi connectivity index (χ1n) is 8.57. The summed E-state index contributed by atoms with van der Waals surface area (Å²) >= 11 is 5.13. The molecule has 7 heteroatoms. The second kappa shape index (κ2) is 6.87. The summed E-state index contributed by atoms with van der Waals surface area (Å²) in [4.78, 5) is 4.16. The lowest BCUT2D eigenvalue weighted by atomic mass is 9.77. The summed E-state index contributed by atoms with van der Waals surface area (Å²) in [6, 6.07) is 7.94. The Bertz CT molecular complexity index is 858. The highest BCUT2D eigenvalue weighted by atomic mass is 32.1. The van der Waals surface area contributed by atoms with Crippen molar-refractivity contribution < 1.29 is 17.9 Å². The first kappa shape index (κ1) is 19.8. The van der Waals surface area contributed by atoms with Crippen LogP contribution in [0.15, 0.2) is 42.7 Å². The first-order chi connectivity index (χ1) is 12.6. The molecule has 1 aromatic carbocycles. The van der Waals surface area contributed by atoms with E-state index >= 15 is 8.78 Å². The zero-order chi connectivity index (χ0) is 19.9. The lowest BCUT2D eigenvalue weighted by Gasteiger charge is -2.44. The fourth-order valence-corrected chi connectivity index (χ4v) is 3.64. The van der Waals surface area contributed by atoms with E-state index in [1.807, 2.05) is 6.07 Å². The standard InChI is InChI=1S/C20H21F3N2OS/c1-18(2)20(22,23)19(3,25-17(27)12-26-18)15-10-13(6-7-16(15)21)9-14-5-4-8-24-11-14/h4-8,10-11H,9,12H2,1-3H3,(H,25,27)/t19-/m1/s1. The Morgan fingerprint density at radius 2 is 1.93 bits per heavy atom. The van der Waals surface area contributed by atoms with Crippen molar-refractivity contribution in [3.05, 3.63) is 65.2 Å². The fraction of sp³-hybridized carbons (Fsp3) is 0.400. The van der Waals surface area contributed by atoms with E-state index in [1.165, 1.54) is 32.9 Å². The molecule has 2 aromatic rings. The number of nitrogens with zero attached hydrogens (tertiary/aromatic N) is 1. The molecule has 0 aliphatic carbocycles. The molecule has 1 fully saturated rings. The van der Waals surface area contributed by atoms with Gasteiger partial charge in [0.05, 0.1) is 6.61 Å². The van der Waals surface area contributed by atoms with Gasteiger partial charge in [0, 0.05) is 18.0 Å². The normalized spacial score (nSPS) is 24.1. The molecule has 3 nitrogen and oxygen atoms in total. The number of aromatic nitrogens is 1. The molecule has 1 aliphatic rings. The smallest absolute Gasteiger partial charge is 0.302 e. The van der Waals surface area contributed by atoms with E-state index in [1.54, 1.807) is 24.5 Å². The number of hydrogen-bond acceptors (Lipinski definition) is 3. The van der Waals surface area contributed by atoms with Gasteiger partial charge < -0.3 is 10.1 Å². The van der Waals surface area contributed by atoms with Gasteiger partial charge in [-0.15, -0.1) is 0 Å². The number of ether oxygens (including phenoxy) is 1. The van der Waals surface area contributed by atoms with Crippen molar-refractivity contribution in [1.29, 1.82) is 0 Å². The molecule has 0 spiro atoms. The van der Waals surface area contributed by atoms with Crippen LogP contribution in [-0.2, 0) is 16.7 Å². The van der Waals surface area contributed by atoms with Crippen LogP contribution in [0.4, 0.5) is 13.2 Å². The average molecular weight is 394 g/mol. The number of pyridine rings is 1. The highest BCUT2D eigenvalue weighted by Gasteiger charge is 2.64. The Morgan fingerprint density at radius 3 is 2.59 bits per heavy atom. The van der Waals surface area contributed by atoms with E-state index in [2.05, 4.69) is 10.3 Å². The van der Waals surface area contributed by atoms with Gasteiger partial charge in [0.2, 0.25) is 0 Å². The Hall–Kier alpha value is -1.99. The summed E-state index contributed by atoms with van der Waals surface area (Å²) in [6.45, 7) is 3.70. The number of nitrogens with one attached hydrogen (secondary N) is 1. The quantitative estimate of drug-likeness (QED) is 0.783. The van der Waals surface area contributed by atoms with Gasteiger partial charge in [-0.1, -0.05) is 24.4 Å². The highest BCUT2D eigenvalue weighted by Crippen LogP contribution is 2.48. The summed E-state index contributed by atoms with van der Waals surface area (Å²) in [5, 5.41) is 2.65. The predicted octanol–water partition coefficient (Wildman–Crippen LogP) is 4.39. The topological polar surface area (TPSA) is 34.1 Å². The van der Waals surface area contributed by atoms with Crippen LogP contribution in [0, 0.1) is 5.82 Å². The third kappa shape index (κ3) is 3.46. The molecule has 27 heavy (non-hydrogen) atoms. The molecular weight excluding hydrogens is 373 g/mol. The van der Waals surface area contributed by atoms with Crippen LogP contribution >= 0.6 is 12.2 Å². The van der Waals surface area contributed by atoms with Gasteiger partial charge in [0.1, 0.15) is 21.9 Å². The number of alkyl halides is 2. The average Bonchev–Trinajstić information content (AvgIpc) is 2.67. The number of benzene rings is 1. The summed E-state index contributed by atoms with van der Waals surface area (Å²) in [7, 11) is 0. The molecular formula is C20H21F3N2OS. The lowest BCUT2D eigenvalue weighted by Crippen LogP contribution is -2.62. The minimum absolute atomic E-state index is 0.111. The van der Waals surface area contributed by atoms with Crippen molar-refractivity contribution in [3.63, 3.8) is 0 Å². The van der Waals surface area contributed by atoms with Crippen LogP contribution in [0.25, 0.3) is 0 Å². The SMILES string of the molecule is CC1(C)OCC(=S)N[C@](C)(c2cc(Cc3cccnc3)ccc2F)C1(F)F. The van der Waals surface area contributed by atoms with Crippen LogP contribution in [0.5, 0.6) is 0 Å². The van der Waals surface area contributed by atoms with E-state index in [-0.39, 0.29) is 17.2 Å². The molecule has 1 atom stereocenters. The number of thiocarbonyl (C=S) groups is 1. The molecule has 1 aromatic heterocycles. The molecule has 1 saturated heterocycles. The Morgan fingerprint density at radius 1 is 1.19 bits per heavy atom. The van der Waals surface area contributed by atoms with Crippen LogP contribution < -0.4 is 5.32 Å². The van der Waals surface area contributed by atoms with Crippen molar-refractivity contribution in [3.8, 4) is 0 Å². The van der Waals surface area contributed by atoms with Gasteiger partial charge in [-0.05, 0) is 56.5 Å². The minimum atomic E-state index is -3.44. The first-order valence-corrected chi connectivity index (χ1v) is 8.98. The Balaban J connectivity index is 2.09. The predicted molar refractivity (Wildman–Crippen MR) is 102 cm³/mol. The van der Waals surface area contributed by atoms with Crippen LogP contribution in [0.3, 0.4) is 0 Å². The van der Waals surface area contributed by atoms with Gasteiger partial charge in [-0.25, -0.2) is 13.2 Å². The highest BCUT2D eigenvalue weighted by molar-refractivity contribution is 7.80. The monoisotopic (exact) mass is 394 g/mol. The van der Waals surface area contributed by atoms with Crippen LogP contribution in [0.2, 0.25) is 0 Å². The van der Waals surface area contributed by atoms with E-state index in [9.17, 15) is 4.39 Å². The molecule has 144 valence electrons. The molecule has 0 saturated carbocycles. The van der Waals surface area contributed by atoms with Crippen molar-refractivity contribution in [2.24, 2.45) is 0 Å². The molecule has 1 N–H and O–H groups in total. The zero-order valence-corrected chi connectivity index (χ0v) is 16.2. The largest absolute Gasteiger partial charge is 0.363 e. The third-order valence-electron chi connectivity index (χ3n) is 5.04. The third-order valence-corrected chi connectivity index (χ3v) is 5.26. The van der Waals surface area contributed by atoms with Crippen LogP contribution in [0.1, 0.15) is 37.5 Å². The van der Waals surface area contributed by atoms with E-state index in [0.29, 0.717) is 12.0 Å². The lowest BCUT2D eigenvalue weighted by molar-refractivity contribution is -0.216. The zero-order valence-electron chi connectivity index (χ0n) is 15.4. The molecule has 2 heterocycles. The minimum Gasteiger partial charge on any atom is -0.363 e. The maximum Gasteiger partial charge on any atom is 0.302 e. The van der Waals surface area contributed by atoms with Crippen molar-refractivity contribution in [2.45, 2.75) is 44.3 Å². The second-order valence-electron chi connectivity index (χ2n) is 7.40. The maximum atomic E-state index is 15.5. The number of halogens is 3. The molecule has 0 amide bonds. The Labute approximate surface area is 162 Å². The molecule has 0 unspecified atom stereocenters. The van der Waals surface area contributed by atoms with E-state index in [4.69, 9.17) is 17.0 Å². The summed E-state index contributed by atoms with van der Waals surface area (Å²) in [5.41, 5.74) is -2.43. The fourth-order valence-electron chi connectivity index (χ4n) is 3.37. The van der Waals surface area contributed by atoms with Crippen molar-refractivity contribution >= 4 is 17.2 Å². The van der Waals surface area contributed by atoms with Crippen molar-refractivity contribution in [1.82, 2.24) is 10.3 Å². The number of rotatable bonds is 3. The summed E-state index contributed by atoms with van der Waals surface area (Å²) in [6.07, 6.45) is 3.79. The second-order valence-corrected chi connectivity index (χ2v) is 7.89. The molecule has 0 bridgehead atoms. The van der Waals surface area contributed by atoms with Crippen LogP contribution in [-0.4, -0.2) is 28.1 Å². The molecule has 3 rings (SSSR count). The van der Waals surface area contributed by atoms with Gasteiger partial charge in [-0.3, -0.25) is 4.98 Å². The van der Waals surface area contributed by atoms with Gasteiger partial charge >= 0.3 is 5.92 Å². The molecule has 1 aliphatic heterocycles. The van der Waals surface area contributed by atoms with E-state index < -0.39 is 22.9 Å². The maximum absolute atomic E-state index is 15.5. The number of hydrogen-bond donors (Lipinski definition) is 1. The van der Waals surface area contributed by atoms with Gasteiger partial charge in [0.25, 0.3) is 0 Å². The van der Waals surface area contributed by atoms with Crippen molar-refractivity contribution in [2.75, 3.05) is 6.61 Å².